The number of furan rings is 1. The molecule has 1 atom stereocenters. The smallest absolute Gasteiger partial charge is 0.246 e. The van der Waals surface area contributed by atoms with Crippen LogP contribution in [0.2, 0.25) is 0 Å². The number of hydrogen-bond acceptors (Lipinski definition) is 3. The third-order valence-corrected chi connectivity index (χ3v) is 11.4. The maximum atomic E-state index is 6.27. The van der Waals surface area contributed by atoms with Gasteiger partial charge in [0.2, 0.25) is 5.71 Å². The van der Waals surface area contributed by atoms with Crippen LogP contribution in [0.4, 0.5) is 0 Å². The Morgan fingerprint density at radius 1 is 0.536 bits per heavy atom. The summed E-state index contributed by atoms with van der Waals surface area (Å²) in [6, 6.07) is 54.2. The predicted octanol–water partition coefficient (Wildman–Crippen LogP) is 13.2. The van der Waals surface area contributed by atoms with Gasteiger partial charge in [0.1, 0.15) is 11.1 Å². The topological polar surface area (TPSA) is 48.8 Å². The van der Waals surface area contributed by atoms with Crippen LogP contribution >= 0.6 is 0 Å². The minimum absolute atomic E-state index is 0.0704. The van der Waals surface area contributed by atoms with E-state index in [2.05, 4.69) is 185 Å². The lowest BCUT2D eigenvalue weighted by atomic mass is 10.0. The zero-order valence-electron chi connectivity index (χ0n) is 30.2. The molecule has 4 aromatic heterocycles. The van der Waals surface area contributed by atoms with Gasteiger partial charge < -0.3 is 13.6 Å². The van der Waals surface area contributed by atoms with E-state index in [1.165, 1.54) is 49.2 Å². The van der Waals surface area contributed by atoms with Crippen molar-refractivity contribution in [2.24, 2.45) is 0 Å². The van der Waals surface area contributed by atoms with Gasteiger partial charge in [-0.15, -0.1) is 0 Å². The number of hydrogen-bond donors (Lipinski definition) is 0. The zero-order valence-corrected chi connectivity index (χ0v) is 30.2. The molecule has 0 saturated heterocycles. The quantitative estimate of drug-likeness (QED) is 0.182. The van der Waals surface area contributed by atoms with Crippen LogP contribution in [0.5, 0.6) is 0 Å². The van der Waals surface area contributed by atoms with Crippen LogP contribution in [0.3, 0.4) is 0 Å². The molecule has 4 heterocycles. The van der Waals surface area contributed by atoms with Gasteiger partial charge in [-0.25, -0.2) is 9.97 Å². The molecule has 1 unspecified atom stereocenters. The van der Waals surface area contributed by atoms with E-state index < -0.39 is 0 Å². The first-order valence-electron chi connectivity index (χ1n) is 19.0. The molecule has 11 aromatic rings. The zero-order chi connectivity index (χ0) is 36.7. The molecule has 1 aliphatic carbocycles. The number of allylic oxidation sites excluding steroid dienone is 6. The Bertz CT molecular complexity index is 3490. The molecule has 56 heavy (non-hydrogen) atoms. The average molecular weight is 717 g/mol. The summed E-state index contributed by atoms with van der Waals surface area (Å²) >= 11 is 0. The van der Waals surface area contributed by atoms with E-state index in [0.29, 0.717) is 5.71 Å². The molecule has 0 fully saturated rings. The first-order valence-corrected chi connectivity index (χ1v) is 19.0. The van der Waals surface area contributed by atoms with Gasteiger partial charge in [0, 0.05) is 38.8 Å². The Morgan fingerprint density at radius 2 is 1.23 bits per heavy atom. The van der Waals surface area contributed by atoms with Gasteiger partial charge in [-0.3, -0.25) is 0 Å². The number of benzene rings is 7. The minimum Gasteiger partial charge on any atom is -0.436 e. The Balaban J connectivity index is 0.953. The molecule has 0 N–H and O–H groups in total. The van der Waals surface area contributed by atoms with Gasteiger partial charge in [0.25, 0.3) is 0 Å². The van der Waals surface area contributed by atoms with Crippen molar-refractivity contribution in [2.45, 2.75) is 5.92 Å². The molecule has 1 aliphatic rings. The van der Waals surface area contributed by atoms with E-state index in [4.69, 9.17) is 14.4 Å². The molecule has 12 rings (SSSR count). The monoisotopic (exact) mass is 716 g/mol. The van der Waals surface area contributed by atoms with E-state index in [-0.39, 0.29) is 5.92 Å². The minimum atomic E-state index is -0.0704. The summed E-state index contributed by atoms with van der Waals surface area (Å²) in [5.74, 6) is -0.0704. The van der Waals surface area contributed by atoms with Gasteiger partial charge in [0.15, 0.2) is 0 Å². The molecule has 7 aromatic carbocycles. The highest BCUT2D eigenvalue weighted by molar-refractivity contribution is 6.17. The molecule has 0 spiro atoms. The van der Waals surface area contributed by atoms with E-state index >= 15 is 0 Å². The van der Waals surface area contributed by atoms with Crippen molar-refractivity contribution in [3.8, 4) is 16.8 Å². The third kappa shape index (κ3) is 4.61. The highest BCUT2D eigenvalue weighted by Gasteiger charge is 2.19. The lowest BCUT2D eigenvalue weighted by Gasteiger charge is -2.11. The van der Waals surface area contributed by atoms with E-state index in [9.17, 15) is 0 Å². The fraction of sp³-hybridized carbons (Fsp3) is 0.0196. The lowest BCUT2D eigenvalue weighted by molar-refractivity contribution is 0.649. The maximum absolute atomic E-state index is 6.27. The third-order valence-electron chi connectivity index (χ3n) is 11.4. The second-order valence-electron chi connectivity index (χ2n) is 14.6. The Morgan fingerprint density at radius 3 is 2.11 bits per heavy atom. The fourth-order valence-electron chi connectivity index (χ4n) is 8.85. The summed E-state index contributed by atoms with van der Waals surface area (Å²) in [7, 11) is 0. The van der Waals surface area contributed by atoms with Crippen LogP contribution in [-0.2, 0) is 0 Å². The summed E-state index contributed by atoms with van der Waals surface area (Å²) in [6.45, 7) is 0. The molecular formula is C51H32N4O. The Hall–Kier alpha value is -7.50. The van der Waals surface area contributed by atoms with Crippen LogP contribution in [0, 0.1) is 0 Å². The molecule has 5 heteroatoms. The van der Waals surface area contributed by atoms with Crippen LogP contribution in [0.15, 0.2) is 193 Å². The molecule has 0 bridgehead atoms. The molecule has 0 amide bonds. The molecule has 0 saturated carbocycles. The summed E-state index contributed by atoms with van der Waals surface area (Å²) in [4.78, 5) is 9.93. The predicted molar refractivity (Wildman–Crippen MR) is 231 cm³/mol. The first-order chi connectivity index (χ1) is 27.8. The summed E-state index contributed by atoms with van der Waals surface area (Å²) in [6.07, 6.45) is 12.8. The first kappa shape index (κ1) is 30.9. The molecule has 5 nitrogen and oxygen atoms in total. The van der Waals surface area contributed by atoms with Gasteiger partial charge in [-0.05, 0) is 82.6 Å². The SMILES string of the molecule is C1=CC(c2cnc3c(n2)oc2ccc4ccccc4c23)C=CC(n2c3ccccc3c3ccc(-c4ccc5c(c4)c4ccccc4n5-c4ccccc4)cc32)=C1. The van der Waals surface area contributed by atoms with Crippen LogP contribution in [0.1, 0.15) is 11.6 Å². The van der Waals surface area contributed by atoms with E-state index in [1.807, 2.05) is 12.3 Å². The van der Waals surface area contributed by atoms with Gasteiger partial charge in [0.05, 0.1) is 39.3 Å². The lowest BCUT2D eigenvalue weighted by Crippen LogP contribution is -1.97. The van der Waals surface area contributed by atoms with Crippen molar-refractivity contribution < 1.29 is 4.42 Å². The largest absolute Gasteiger partial charge is 0.436 e. The standard InChI is InChI=1S/C51H32N4O/c1-2-13-36(14-3-1)54-45-20-9-7-18-40(45)42-29-34(23-27-46(42)54)35-22-26-41-39-17-6-8-19-44(39)55(47(41)30-35)37-15-10-12-33(21-25-37)43-31-52-50-49-38-16-5-4-11-32(38)24-28-48(49)56-51(50)53-43/h1-31,33H. The van der Waals surface area contributed by atoms with Crippen molar-refractivity contribution in [1.29, 1.82) is 0 Å². The molecular weight excluding hydrogens is 685 g/mol. The van der Waals surface area contributed by atoms with Gasteiger partial charge in [-0.2, -0.15) is 0 Å². The van der Waals surface area contributed by atoms with Gasteiger partial charge >= 0.3 is 0 Å². The van der Waals surface area contributed by atoms with Crippen molar-refractivity contribution in [3.63, 3.8) is 0 Å². The average Bonchev–Trinajstić information content (AvgIpc) is 3.84. The second-order valence-corrected chi connectivity index (χ2v) is 14.6. The fourth-order valence-corrected chi connectivity index (χ4v) is 8.85. The Kier molecular flexibility index (Phi) is 6.63. The van der Waals surface area contributed by atoms with Crippen molar-refractivity contribution >= 4 is 82.3 Å². The number of rotatable bonds is 4. The molecule has 0 radical (unpaired) electrons. The van der Waals surface area contributed by atoms with Gasteiger partial charge in [-0.1, -0.05) is 121 Å². The number of fused-ring (bicyclic) bond motifs is 11. The van der Waals surface area contributed by atoms with Crippen molar-refractivity contribution in [1.82, 2.24) is 19.1 Å². The number of nitrogens with zero attached hydrogens (tertiary/aromatic N) is 4. The van der Waals surface area contributed by atoms with E-state index in [0.717, 1.165) is 49.9 Å². The maximum Gasteiger partial charge on any atom is 0.246 e. The molecule has 262 valence electrons. The van der Waals surface area contributed by atoms with Crippen LogP contribution in [-0.4, -0.2) is 19.1 Å². The summed E-state index contributed by atoms with van der Waals surface area (Å²) < 4.78 is 11.0. The summed E-state index contributed by atoms with van der Waals surface area (Å²) in [5.41, 5.74) is 12.3. The number of aromatic nitrogens is 4. The van der Waals surface area contributed by atoms with Crippen molar-refractivity contribution in [2.75, 3.05) is 0 Å². The number of para-hydroxylation sites is 3. The second kappa shape index (κ2) is 12.0. The van der Waals surface area contributed by atoms with Crippen LogP contribution < -0.4 is 0 Å². The Labute approximate surface area is 321 Å². The van der Waals surface area contributed by atoms with E-state index in [1.54, 1.807) is 0 Å². The normalized spacial score (nSPS) is 14.6. The van der Waals surface area contributed by atoms with Crippen LogP contribution in [0.25, 0.3) is 99.1 Å². The molecule has 0 aliphatic heterocycles. The summed E-state index contributed by atoms with van der Waals surface area (Å²) in [5, 5.41) is 8.23. The highest BCUT2D eigenvalue weighted by atomic mass is 16.3. The highest BCUT2D eigenvalue weighted by Crippen LogP contribution is 2.39. The van der Waals surface area contributed by atoms with Crippen molar-refractivity contribution in [3.05, 3.63) is 194 Å².